The van der Waals surface area contributed by atoms with Crippen LogP contribution in [0.25, 0.3) is 0 Å². The number of carboxylic acids is 1. The van der Waals surface area contributed by atoms with Gasteiger partial charge in [0.15, 0.2) is 0 Å². The molecule has 2 unspecified atom stereocenters. The van der Waals surface area contributed by atoms with E-state index in [1.165, 1.54) is 0 Å². The molecule has 1 amide bonds. The number of likely N-dealkylation sites (tertiary alicyclic amines) is 1. The molecule has 0 aromatic heterocycles. The van der Waals surface area contributed by atoms with Gasteiger partial charge in [0, 0.05) is 26.1 Å². The zero-order chi connectivity index (χ0) is 13.8. The van der Waals surface area contributed by atoms with Crippen LogP contribution in [0.2, 0.25) is 0 Å². The highest BCUT2D eigenvalue weighted by Crippen LogP contribution is 2.28. The molecular formula is C13H24N2O3. The Labute approximate surface area is 108 Å². The van der Waals surface area contributed by atoms with Crippen LogP contribution in [0.15, 0.2) is 0 Å². The van der Waals surface area contributed by atoms with Gasteiger partial charge in [-0.15, -0.1) is 0 Å². The van der Waals surface area contributed by atoms with Crippen molar-refractivity contribution < 1.29 is 14.7 Å². The topological polar surface area (TPSA) is 83.6 Å². The first kappa shape index (κ1) is 15.0. The van der Waals surface area contributed by atoms with Crippen molar-refractivity contribution >= 4 is 11.9 Å². The fourth-order valence-corrected chi connectivity index (χ4v) is 2.34. The Bertz CT molecular complexity index is 313. The first-order chi connectivity index (χ1) is 8.42. The van der Waals surface area contributed by atoms with Crippen molar-refractivity contribution in [1.82, 2.24) is 4.90 Å². The van der Waals surface area contributed by atoms with E-state index in [9.17, 15) is 9.59 Å². The quantitative estimate of drug-likeness (QED) is 0.744. The molecular weight excluding hydrogens is 232 g/mol. The molecule has 0 aromatic rings. The van der Waals surface area contributed by atoms with Gasteiger partial charge in [0.2, 0.25) is 5.91 Å². The molecule has 1 rings (SSSR count). The smallest absolute Gasteiger partial charge is 0.303 e. The average Bonchev–Trinajstić information content (AvgIpc) is 2.83. The van der Waals surface area contributed by atoms with Crippen molar-refractivity contribution in [2.24, 2.45) is 17.1 Å². The number of hydrogen-bond acceptors (Lipinski definition) is 3. The van der Waals surface area contributed by atoms with Gasteiger partial charge >= 0.3 is 5.97 Å². The number of hydrogen-bond donors (Lipinski definition) is 2. The van der Waals surface area contributed by atoms with E-state index < -0.39 is 11.4 Å². The average molecular weight is 256 g/mol. The van der Waals surface area contributed by atoms with Gasteiger partial charge in [0.25, 0.3) is 0 Å². The number of carboxylic acid groups (broad SMARTS) is 1. The molecule has 0 aliphatic carbocycles. The summed E-state index contributed by atoms with van der Waals surface area (Å²) in [5.74, 6) is -0.325. The third kappa shape index (κ3) is 3.45. The van der Waals surface area contributed by atoms with Gasteiger partial charge in [0.05, 0.1) is 5.41 Å². The second-order valence-electron chi connectivity index (χ2n) is 5.46. The largest absolute Gasteiger partial charge is 0.481 e. The third-order valence-electron chi connectivity index (χ3n) is 4.09. The third-order valence-corrected chi connectivity index (χ3v) is 4.09. The maximum absolute atomic E-state index is 12.3. The second-order valence-corrected chi connectivity index (χ2v) is 5.46. The fraction of sp³-hybridized carbons (Fsp3) is 0.846. The summed E-state index contributed by atoms with van der Waals surface area (Å²) in [6, 6.07) is 0. The summed E-state index contributed by atoms with van der Waals surface area (Å²) in [6.07, 6.45) is 2.49. The van der Waals surface area contributed by atoms with Crippen LogP contribution >= 0.6 is 0 Å². The second kappa shape index (κ2) is 6.18. The molecule has 1 fully saturated rings. The van der Waals surface area contributed by atoms with E-state index in [1.807, 2.05) is 18.7 Å². The SMILES string of the molecule is CCC(C)(CN)C(=O)N1CCC(CCC(=O)O)C1. The number of carbonyl (C=O) groups excluding carboxylic acids is 1. The van der Waals surface area contributed by atoms with Crippen LogP contribution in [0.3, 0.4) is 0 Å². The van der Waals surface area contributed by atoms with Gasteiger partial charge < -0.3 is 15.7 Å². The lowest BCUT2D eigenvalue weighted by Gasteiger charge is -2.30. The predicted molar refractivity (Wildman–Crippen MR) is 69.0 cm³/mol. The summed E-state index contributed by atoms with van der Waals surface area (Å²) in [4.78, 5) is 24.7. The lowest BCUT2D eigenvalue weighted by Crippen LogP contribution is -2.45. The predicted octanol–water partition coefficient (Wildman–Crippen LogP) is 1.07. The van der Waals surface area contributed by atoms with Crippen LogP contribution in [-0.2, 0) is 9.59 Å². The minimum absolute atomic E-state index is 0.116. The molecule has 0 saturated carbocycles. The Balaban J connectivity index is 2.51. The molecule has 0 bridgehead atoms. The number of nitrogens with zero attached hydrogens (tertiary/aromatic N) is 1. The van der Waals surface area contributed by atoms with Crippen molar-refractivity contribution in [2.45, 2.75) is 39.5 Å². The van der Waals surface area contributed by atoms with Gasteiger partial charge in [-0.25, -0.2) is 0 Å². The first-order valence-corrected chi connectivity index (χ1v) is 6.64. The van der Waals surface area contributed by atoms with Crippen LogP contribution in [0.5, 0.6) is 0 Å². The Morgan fingerprint density at radius 1 is 1.50 bits per heavy atom. The van der Waals surface area contributed by atoms with Gasteiger partial charge in [-0.05, 0) is 32.1 Å². The highest BCUT2D eigenvalue weighted by molar-refractivity contribution is 5.82. The van der Waals surface area contributed by atoms with Crippen LogP contribution in [0.1, 0.15) is 39.5 Å². The zero-order valence-corrected chi connectivity index (χ0v) is 11.3. The summed E-state index contributed by atoms with van der Waals surface area (Å²) in [6.45, 7) is 5.65. The standard InChI is InChI=1S/C13H24N2O3/c1-3-13(2,9-14)12(18)15-7-6-10(8-15)4-5-11(16)17/h10H,3-9,14H2,1-2H3,(H,16,17). The Morgan fingerprint density at radius 2 is 2.17 bits per heavy atom. The fourth-order valence-electron chi connectivity index (χ4n) is 2.34. The van der Waals surface area contributed by atoms with E-state index in [0.717, 1.165) is 19.4 Å². The van der Waals surface area contributed by atoms with Gasteiger partial charge in [-0.2, -0.15) is 0 Å². The highest BCUT2D eigenvalue weighted by atomic mass is 16.4. The molecule has 0 aromatic carbocycles. The number of amides is 1. The normalized spacial score (nSPS) is 22.8. The molecule has 1 heterocycles. The van der Waals surface area contributed by atoms with E-state index >= 15 is 0 Å². The number of rotatable bonds is 6. The van der Waals surface area contributed by atoms with Crippen molar-refractivity contribution in [1.29, 1.82) is 0 Å². The molecule has 0 radical (unpaired) electrons. The van der Waals surface area contributed by atoms with Crippen molar-refractivity contribution in [3.8, 4) is 0 Å². The maximum Gasteiger partial charge on any atom is 0.303 e. The first-order valence-electron chi connectivity index (χ1n) is 6.64. The molecule has 3 N–H and O–H groups in total. The van der Waals surface area contributed by atoms with Gasteiger partial charge in [0.1, 0.15) is 0 Å². The number of aliphatic carboxylic acids is 1. The van der Waals surface area contributed by atoms with E-state index in [4.69, 9.17) is 10.8 Å². The molecule has 104 valence electrons. The molecule has 2 atom stereocenters. The van der Waals surface area contributed by atoms with Crippen LogP contribution in [0.4, 0.5) is 0 Å². The van der Waals surface area contributed by atoms with Crippen molar-refractivity contribution in [3.63, 3.8) is 0 Å². The molecule has 18 heavy (non-hydrogen) atoms. The maximum atomic E-state index is 12.3. The van der Waals surface area contributed by atoms with E-state index in [2.05, 4.69) is 0 Å². The van der Waals surface area contributed by atoms with Gasteiger partial charge in [-0.3, -0.25) is 9.59 Å². The molecule has 1 aliphatic rings. The Kier molecular flexibility index (Phi) is 5.14. The summed E-state index contributed by atoms with van der Waals surface area (Å²) < 4.78 is 0. The van der Waals surface area contributed by atoms with Crippen molar-refractivity contribution in [3.05, 3.63) is 0 Å². The molecule has 0 spiro atoms. The van der Waals surface area contributed by atoms with E-state index in [0.29, 0.717) is 25.4 Å². The minimum Gasteiger partial charge on any atom is -0.481 e. The van der Waals surface area contributed by atoms with Crippen LogP contribution in [-0.4, -0.2) is 41.5 Å². The monoisotopic (exact) mass is 256 g/mol. The van der Waals surface area contributed by atoms with E-state index in [-0.39, 0.29) is 12.3 Å². The van der Waals surface area contributed by atoms with Crippen molar-refractivity contribution in [2.75, 3.05) is 19.6 Å². The zero-order valence-electron chi connectivity index (χ0n) is 11.3. The Morgan fingerprint density at radius 3 is 2.67 bits per heavy atom. The summed E-state index contributed by atoms with van der Waals surface area (Å²) in [5, 5.41) is 8.66. The van der Waals surface area contributed by atoms with Gasteiger partial charge in [-0.1, -0.05) is 6.92 Å². The summed E-state index contributed by atoms with van der Waals surface area (Å²) in [7, 11) is 0. The molecule has 1 saturated heterocycles. The summed E-state index contributed by atoms with van der Waals surface area (Å²) in [5.41, 5.74) is 5.22. The van der Waals surface area contributed by atoms with Crippen LogP contribution < -0.4 is 5.73 Å². The Hall–Kier alpha value is -1.10. The van der Waals surface area contributed by atoms with E-state index in [1.54, 1.807) is 0 Å². The molecule has 5 heteroatoms. The van der Waals surface area contributed by atoms with Crippen LogP contribution in [0, 0.1) is 11.3 Å². The number of carbonyl (C=O) groups is 2. The minimum atomic E-state index is -0.764. The molecule has 5 nitrogen and oxygen atoms in total. The number of nitrogens with two attached hydrogens (primary N) is 1. The molecule has 1 aliphatic heterocycles. The lowest BCUT2D eigenvalue weighted by atomic mass is 9.86. The summed E-state index contributed by atoms with van der Waals surface area (Å²) >= 11 is 0. The highest BCUT2D eigenvalue weighted by Gasteiger charge is 2.36. The lowest BCUT2D eigenvalue weighted by molar-refractivity contribution is -0.140.